The number of rotatable bonds is 5. The van der Waals surface area contributed by atoms with Crippen LogP contribution in [0.4, 0.5) is 0 Å². The summed E-state index contributed by atoms with van der Waals surface area (Å²) >= 11 is 0. The molecular weight excluding hydrogens is 190 g/mol. The Labute approximate surface area is 90.5 Å². The molecule has 0 radical (unpaired) electrons. The quantitative estimate of drug-likeness (QED) is 0.801. The van der Waals surface area contributed by atoms with Crippen molar-refractivity contribution in [1.82, 2.24) is 0 Å². The van der Waals surface area contributed by atoms with Gasteiger partial charge in [0.15, 0.2) is 0 Å². The lowest BCUT2D eigenvalue weighted by Crippen LogP contribution is -1.95. The predicted octanol–water partition coefficient (Wildman–Crippen LogP) is 1.81. The maximum atomic E-state index is 5.39. The van der Waals surface area contributed by atoms with Crippen molar-refractivity contribution in [2.45, 2.75) is 6.61 Å². The Morgan fingerprint density at radius 3 is 2.73 bits per heavy atom. The van der Waals surface area contributed by atoms with Crippen molar-refractivity contribution in [2.75, 3.05) is 20.8 Å². The van der Waals surface area contributed by atoms with Crippen LogP contribution in [-0.4, -0.2) is 20.8 Å². The maximum absolute atomic E-state index is 5.39. The topological polar surface area (TPSA) is 44.5 Å². The first kappa shape index (κ1) is 11.8. The molecule has 0 aliphatic rings. The molecule has 0 spiro atoms. The lowest BCUT2D eigenvalue weighted by molar-refractivity contribution is 0.181. The van der Waals surface area contributed by atoms with Crippen LogP contribution >= 0.6 is 0 Å². The average molecular weight is 207 g/mol. The number of benzene rings is 1. The first-order chi connectivity index (χ1) is 7.31. The van der Waals surface area contributed by atoms with Crippen LogP contribution in [0.2, 0.25) is 0 Å². The van der Waals surface area contributed by atoms with Gasteiger partial charge in [0.25, 0.3) is 0 Å². The molecule has 1 aromatic rings. The van der Waals surface area contributed by atoms with Gasteiger partial charge >= 0.3 is 0 Å². The molecule has 0 saturated carbocycles. The second kappa shape index (κ2) is 6.22. The molecule has 0 bridgehead atoms. The van der Waals surface area contributed by atoms with E-state index in [0.29, 0.717) is 13.2 Å². The normalized spacial score (nSPS) is 10.9. The Hall–Kier alpha value is -1.32. The number of hydrogen-bond donors (Lipinski definition) is 1. The molecule has 0 fully saturated rings. The number of methoxy groups -OCH3 is 2. The highest BCUT2D eigenvalue weighted by Crippen LogP contribution is 2.21. The van der Waals surface area contributed by atoms with Crippen LogP contribution in [0.15, 0.2) is 24.3 Å². The fourth-order valence-corrected chi connectivity index (χ4v) is 1.34. The van der Waals surface area contributed by atoms with Gasteiger partial charge in [-0.15, -0.1) is 0 Å². The van der Waals surface area contributed by atoms with Crippen molar-refractivity contribution in [3.05, 3.63) is 35.4 Å². The minimum Gasteiger partial charge on any atom is -0.496 e. The number of ether oxygens (including phenoxy) is 2. The van der Waals surface area contributed by atoms with Gasteiger partial charge < -0.3 is 15.2 Å². The predicted molar refractivity (Wildman–Crippen MR) is 61.8 cm³/mol. The van der Waals surface area contributed by atoms with Gasteiger partial charge in [-0.3, -0.25) is 0 Å². The molecule has 0 aromatic heterocycles. The summed E-state index contributed by atoms with van der Waals surface area (Å²) < 4.78 is 10.3. The SMILES string of the molecule is COCc1ccc(/C=C/CN)cc1OC. The first-order valence-corrected chi connectivity index (χ1v) is 4.84. The molecule has 3 heteroatoms. The molecule has 15 heavy (non-hydrogen) atoms. The van der Waals surface area contributed by atoms with Gasteiger partial charge in [-0.25, -0.2) is 0 Å². The molecule has 0 saturated heterocycles. The zero-order valence-electron chi connectivity index (χ0n) is 9.19. The minimum absolute atomic E-state index is 0.544. The van der Waals surface area contributed by atoms with Gasteiger partial charge in [-0.2, -0.15) is 0 Å². The summed E-state index contributed by atoms with van der Waals surface area (Å²) in [5, 5.41) is 0. The minimum atomic E-state index is 0.544. The second-order valence-electron chi connectivity index (χ2n) is 3.14. The summed E-state index contributed by atoms with van der Waals surface area (Å²) in [4.78, 5) is 0. The Kier molecular flexibility index (Phi) is 4.87. The fraction of sp³-hybridized carbons (Fsp3) is 0.333. The van der Waals surface area contributed by atoms with Crippen LogP contribution in [0.25, 0.3) is 6.08 Å². The zero-order valence-corrected chi connectivity index (χ0v) is 9.19. The monoisotopic (exact) mass is 207 g/mol. The lowest BCUT2D eigenvalue weighted by atomic mass is 10.1. The van der Waals surface area contributed by atoms with Crippen LogP contribution in [0.3, 0.4) is 0 Å². The van der Waals surface area contributed by atoms with E-state index >= 15 is 0 Å². The van der Waals surface area contributed by atoms with Crippen molar-refractivity contribution in [1.29, 1.82) is 0 Å². The van der Waals surface area contributed by atoms with Crippen molar-refractivity contribution in [3.8, 4) is 5.75 Å². The molecule has 1 aromatic carbocycles. The molecule has 0 aliphatic heterocycles. The Bertz CT molecular complexity index is 334. The van der Waals surface area contributed by atoms with Gasteiger partial charge in [-0.05, 0) is 11.6 Å². The third-order valence-electron chi connectivity index (χ3n) is 2.06. The molecule has 3 nitrogen and oxygen atoms in total. The Balaban J connectivity index is 2.91. The Morgan fingerprint density at radius 2 is 2.13 bits per heavy atom. The van der Waals surface area contributed by atoms with Crippen LogP contribution in [-0.2, 0) is 11.3 Å². The molecule has 82 valence electrons. The van der Waals surface area contributed by atoms with Gasteiger partial charge in [0.2, 0.25) is 0 Å². The van der Waals surface area contributed by atoms with E-state index in [1.807, 2.05) is 30.4 Å². The summed E-state index contributed by atoms with van der Waals surface area (Å²) in [6, 6.07) is 5.99. The smallest absolute Gasteiger partial charge is 0.124 e. The van der Waals surface area contributed by atoms with Gasteiger partial charge in [0.1, 0.15) is 5.75 Å². The molecule has 0 aliphatic carbocycles. The van der Waals surface area contributed by atoms with E-state index in [-0.39, 0.29) is 0 Å². The molecule has 0 unspecified atom stereocenters. The highest BCUT2D eigenvalue weighted by Gasteiger charge is 2.02. The fourth-order valence-electron chi connectivity index (χ4n) is 1.34. The van der Waals surface area contributed by atoms with E-state index in [1.165, 1.54) is 0 Å². The maximum Gasteiger partial charge on any atom is 0.124 e. The first-order valence-electron chi connectivity index (χ1n) is 4.84. The van der Waals surface area contributed by atoms with E-state index in [2.05, 4.69) is 0 Å². The highest BCUT2D eigenvalue weighted by atomic mass is 16.5. The standard InChI is InChI=1S/C12H17NO2/c1-14-9-11-6-5-10(4-3-7-13)8-12(11)15-2/h3-6,8H,7,9,13H2,1-2H3/b4-3+. The van der Waals surface area contributed by atoms with E-state index in [9.17, 15) is 0 Å². The number of nitrogens with two attached hydrogens (primary N) is 1. The summed E-state index contributed by atoms with van der Waals surface area (Å²) in [5.74, 6) is 0.844. The second-order valence-corrected chi connectivity index (χ2v) is 3.14. The molecule has 2 N–H and O–H groups in total. The van der Waals surface area contributed by atoms with E-state index in [0.717, 1.165) is 16.9 Å². The zero-order chi connectivity index (χ0) is 11.1. The summed E-state index contributed by atoms with van der Waals surface area (Å²) in [6.07, 6.45) is 3.88. The largest absolute Gasteiger partial charge is 0.496 e. The van der Waals surface area contributed by atoms with E-state index in [1.54, 1.807) is 14.2 Å². The molecule has 0 atom stereocenters. The van der Waals surface area contributed by atoms with Gasteiger partial charge in [0, 0.05) is 19.2 Å². The average Bonchev–Trinajstić information content (AvgIpc) is 2.28. The van der Waals surface area contributed by atoms with Crippen molar-refractivity contribution in [3.63, 3.8) is 0 Å². The molecule has 0 heterocycles. The third kappa shape index (κ3) is 3.38. The number of hydrogen-bond acceptors (Lipinski definition) is 3. The van der Waals surface area contributed by atoms with Crippen molar-refractivity contribution >= 4 is 6.08 Å². The van der Waals surface area contributed by atoms with E-state index < -0.39 is 0 Å². The summed E-state index contributed by atoms with van der Waals surface area (Å²) in [5.41, 5.74) is 7.51. The summed E-state index contributed by atoms with van der Waals surface area (Å²) in [6.45, 7) is 1.10. The van der Waals surface area contributed by atoms with Crippen molar-refractivity contribution < 1.29 is 9.47 Å². The third-order valence-corrected chi connectivity index (χ3v) is 2.06. The molecule has 1 rings (SSSR count). The Morgan fingerprint density at radius 1 is 1.33 bits per heavy atom. The lowest BCUT2D eigenvalue weighted by Gasteiger charge is -2.08. The van der Waals surface area contributed by atoms with Crippen LogP contribution in [0, 0.1) is 0 Å². The highest BCUT2D eigenvalue weighted by molar-refractivity contribution is 5.53. The van der Waals surface area contributed by atoms with Crippen LogP contribution < -0.4 is 10.5 Å². The van der Waals surface area contributed by atoms with Crippen LogP contribution in [0.1, 0.15) is 11.1 Å². The van der Waals surface area contributed by atoms with Gasteiger partial charge in [0.05, 0.1) is 13.7 Å². The summed E-state index contributed by atoms with van der Waals surface area (Å²) in [7, 11) is 3.33. The van der Waals surface area contributed by atoms with Crippen LogP contribution in [0.5, 0.6) is 5.75 Å². The molecular formula is C12H17NO2. The van der Waals surface area contributed by atoms with Crippen molar-refractivity contribution in [2.24, 2.45) is 5.73 Å². The van der Waals surface area contributed by atoms with Gasteiger partial charge in [-0.1, -0.05) is 24.3 Å². The molecule has 0 amide bonds. The van der Waals surface area contributed by atoms with E-state index in [4.69, 9.17) is 15.2 Å².